The molecule has 2 rings (SSSR count). The van der Waals surface area contributed by atoms with E-state index in [1.807, 2.05) is 43.3 Å². The molecule has 2 nitrogen and oxygen atoms in total. The smallest absolute Gasteiger partial charge is 0.418 e. The van der Waals surface area contributed by atoms with Crippen molar-refractivity contribution in [2.24, 2.45) is 0 Å². The van der Waals surface area contributed by atoms with Gasteiger partial charge in [-0.3, -0.25) is 0 Å². The molecule has 0 aliphatic heterocycles. The summed E-state index contributed by atoms with van der Waals surface area (Å²) in [5, 5.41) is 2.20. The number of rotatable bonds is 2. The maximum absolute atomic E-state index is 10.1. The molecule has 2 aromatic carbocycles. The first-order valence-electron chi connectivity index (χ1n) is 4.34. The van der Waals surface area contributed by atoms with E-state index >= 15 is 0 Å². The van der Waals surface area contributed by atoms with Crippen molar-refractivity contribution in [2.75, 3.05) is 0 Å². The highest BCUT2D eigenvalue weighted by molar-refractivity contribution is 5.85. The Bertz CT molecular complexity index is 475. The van der Waals surface area contributed by atoms with Crippen LogP contribution in [0.1, 0.15) is 5.56 Å². The SMILES string of the molecule is Cc1cc2ccccc2cc1O[C]=O. The van der Waals surface area contributed by atoms with Crippen LogP contribution < -0.4 is 4.74 Å². The summed E-state index contributed by atoms with van der Waals surface area (Å²) in [5.74, 6) is 0.568. The summed E-state index contributed by atoms with van der Waals surface area (Å²) < 4.78 is 4.74. The van der Waals surface area contributed by atoms with E-state index in [-0.39, 0.29) is 0 Å². The first-order valence-corrected chi connectivity index (χ1v) is 4.34. The Balaban J connectivity index is 2.64. The van der Waals surface area contributed by atoms with E-state index in [0.717, 1.165) is 16.3 Å². The summed E-state index contributed by atoms with van der Waals surface area (Å²) in [6.45, 7) is 3.34. The maximum atomic E-state index is 10.1. The fraction of sp³-hybridized carbons (Fsp3) is 0.0833. The summed E-state index contributed by atoms with van der Waals surface area (Å²) in [6, 6.07) is 11.8. The molecule has 2 aromatic rings. The molecule has 0 bridgehead atoms. The standard InChI is InChI=1S/C12H9O2/c1-9-6-10-4-2-3-5-11(10)7-12(9)14-8-13/h2-7H,1H3. The Morgan fingerprint density at radius 2 is 1.79 bits per heavy atom. The summed E-state index contributed by atoms with van der Waals surface area (Å²) in [4.78, 5) is 10.1. The number of fused-ring (bicyclic) bond motifs is 1. The fourth-order valence-corrected chi connectivity index (χ4v) is 1.49. The molecular formula is C12H9O2. The van der Waals surface area contributed by atoms with Gasteiger partial charge in [-0.25, -0.2) is 4.79 Å². The van der Waals surface area contributed by atoms with Crippen LogP contribution in [0.3, 0.4) is 0 Å². The van der Waals surface area contributed by atoms with Gasteiger partial charge in [0.1, 0.15) is 5.75 Å². The zero-order chi connectivity index (χ0) is 9.97. The van der Waals surface area contributed by atoms with Gasteiger partial charge >= 0.3 is 6.47 Å². The largest absolute Gasteiger partial charge is 0.423 e. The molecule has 0 N–H and O–H groups in total. The number of hydrogen-bond donors (Lipinski definition) is 0. The van der Waals surface area contributed by atoms with Crippen molar-refractivity contribution in [1.29, 1.82) is 0 Å². The van der Waals surface area contributed by atoms with Gasteiger partial charge in [-0.15, -0.1) is 0 Å². The molecule has 0 fully saturated rings. The van der Waals surface area contributed by atoms with Crippen molar-refractivity contribution in [3.8, 4) is 5.75 Å². The van der Waals surface area contributed by atoms with Crippen molar-refractivity contribution in [2.45, 2.75) is 6.92 Å². The third-order valence-electron chi connectivity index (χ3n) is 2.19. The number of ether oxygens (including phenoxy) is 1. The van der Waals surface area contributed by atoms with Crippen molar-refractivity contribution < 1.29 is 9.53 Å². The van der Waals surface area contributed by atoms with Gasteiger partial charge in [-0.2, -0.15) is 0 Å². The maximum Gasteiger partial charge on any atom is 0.423 e. The third kappa shape index (κ3) is 1.46. The number of aryl methyl sites for hydroxylation is 1. The van der Waals surface area contributed by atoms with Crippen LogP contribution in [0.5, 0.6) is 5.75 Å². The highest BCUT2D eigenvalue weighted by atomic mass is 16.5. The molecule has 0 unspecified atom stereocenters. The highest BCUT2D eigenvalue weighted by Gasteiger charge is 2.01. The first kappa shape index (κ1) is 8.75. The average Bonchev–Trinajstić information content (AvgIpc) is 2.19. The average molecular weight is 185 g/mol. The third-order valence-corrected chi connectivity index (χ3v) is 2.19. The van der Waals surface area contributed by atoms with E-state index in [2.05, 4.69) is 0 Å². The number of carbonyl (C=O) groups excluding carboxylic acids is 1. The second-order valence-corrected chi connectivity index (χ2v) is 3.15. The molecule has 0 aliphatic rings. The van der Waals surface area contributed by atoms with Gasteiger partial charge in [-0.05, 0) is 35.4 Å². The van der Waals surface area contributed by atoms with E-state index in [1.165, 1.54) is 6.47 Å². The van der Waals surface area contributed by atoms with Crippen LogP contribution in [-0.4, -0.2) is 6.47 Å². The predicted octanol–water partition coefficient (Wildman–Crippen LogP) is 2.59. The lowest BCUT2D eigenvalue weighted by Gasteiger charge is -2.04. The van der Waals surface area contributed by atoms with Gasteiger partial charge in [0, 0.05) is 0 Å². The molecule has 14 heavy (non-hydrogen) atoms. The topological polar surface area (TPSA) is 26.3 Å². The molecule has 69 valence electrons. The van der Waals surface area contributed by atoms with Gasteiger partial charge in [0.15, 0.2) is 0 Å². The molecular weight excluding hydrogens is 176 g/mol. The van der Waals surface area contributed by atoms with Crippen LogP contribution in [0, 0.1) is 6.92 Å². The quantitative estimate of drug-likeness (QED) is 0.718. The lowest BCUT2D eigenvalue weighted by atomic mass is 10.1. The van der Waals surface area contributed by atoms with Gasteiger partial charge in [-0.1, -0.05) is 24.3 Å². The first-order chi connectivity index (χ1) is 6.81. The zero-order valence-corrected chi connectivity index (χ0v) is 7.78. The highest BCUT2D eigenvalue weighted by Crippen LogP contribution is 2.24. The van der Waals surface area contributed by atoms with Crippen LogP contribution in [-0.2, 0) is 4.79 Å². The summed E-state index contributed by atoms with van der Waals surface area (Å²) >= 11 is 0. The zero-order valence-electron chi connectivity index (χ0n) is 7.78. The normalized spacial score (nSPS) is 10.1. The van der Waals surface area contributed by atoms with Gasteiger partial charge in [0.2, 0.25) is 0 Å². The van der Waals surface area contributed by atoms with E-state index in [9.17, 15) is 4.79 Å². The monoisotopic (exact) mass is 185 g/mol. The minimum absolute atomic E-state index is 0.568. The molecule has 0 atom stereocenters. The van der Waals surface area contributed by atoms with Gasteiger partial charge in [0.25, 0.3) is 0 Å². The predicted molar refractivity (Wildman–Crippen MR) is 55.0 cm³/mol. The minimum Gasteiger partial charge on any atom is -0.418 e. The molecule has 0 saturated carbocycles. The van der Waals surface area contributed by atoms with Crippen molar-refractivity contribution >= 4 is 17.2 Å². The van der Waals surface area contributed by atoms with Crippen LogP contribution in [0.2, 0.25) is 0 Å². The molecule has 1 radical (unpaired) electrons. The summed E-state index contributed by atoms with van der Waals surface area (Å²) in [5.41, 5.74) is 0.937. The molecule has 0 heterocycles. The molecule has 0 spiro atoms. The molecule has 0 aromatic heterocycles. The summed E-state index contributed by atoms with van der Waals surface area (Å²) in [7, 11) is 0. The number of benzene rings is 2. The van der Waals surface area contributed by atoms with Crippen LogP contribution >= 0.6 is 0 Å². The second kappa shape index (κ2) is 3.50. The van der Waals surface area contributed by atoms with E-state index in [0.29, 0.717) is 5.75 Å². The Labute approximate surface area is 82.1 Å². The molecule has 0 saturated heterocycles. The van der Waals surface area contributed by atoms with Crippen LogP contribution in [0.15, 0.2) is 36.4 Å². The van der Waals surface area contributed by atoms with Crippen molar-refractivity contribution in [1.82, 2.24) is 0 Å². The van der Waals surface area contributed by atoms with Gasteiger partial charge in [0.05, 0.1) is 0 Å². The van der Waals surface area contributed by atoms with Crippen molar-refractivity contribution in [3.05, 3.63) is 42.0 Å². The second-order valence-electron chi connectivity index (χ2n) is 3.15. The van der Waals surface area contributed by atoms with Crippen LogP contribution in [0.25, 0.3) is 10.8 Å². The van der Waals surface area contributed by atoms with Crippen LogP contribution in [0.4, 0.5) is 0 Å². The Morgan fingerprint density at radius 1 is 1.14 bits per heavy atom. The Hall–Kier alpha value is -1.83. The lowest BCUT2D eigenvalue weighted by Crippen LogP contribution is -1.91. The fourth-order valence-electron chi connectivity index (χ4n) is 1.49. The Kier molecular flexibility index (Phi) is 2.19. The van der Waals surface area contributed by atoms with Crippen molar-refractivity contribution in [3.63, 3.8) is 0 Å². The lowest BCUT2D eigenvalue weighted by molar-refractivity contribution is 0.441. The minimum atomic E-state index is 0.568. The van der Waals surface area contributed by atoms with E-state index in [1.54, 1.807) is 0 Å². The number of hydrogen-bond acceptors (Lipinski definition) is 2. The molecule has 2 heteroatoms. The molecule has 0 aliphatic carbocycles. The van der Waals surface area contributed by atoms with E-state index in [4.69, 9.17) is 4.74 Å². The summed E-state index contributed by atoms with van der Waals surface area (Å²) in [6.07, 6.45) is 0. The molecule has 0 amide bonds. The van der Waals surface area contributed by atoms with E-state index < -0.39 is 0 Å². The van der Waals surface area contributed by atoms with Gasteiger partial charge < -0.3 is 4.74 Å². The Morgan fingerprint density at radius 3 is 2.43 bits per heavy atom.